The second-order valence-corrected chi connectivity index (χ2v) is 4.95. The molecule has 2 N–H and O–H groups in total. The molecule has 1 aromatic rings. The number of anilines is 1. The number of hydrogen-bond donors (Lipinski definition) is 1. The molecule has 1 aliphatic heterocycles. The molecule has 0 spiro atoms. The summed E-state index contributed by atoms with van der Waals surface area (Å²) in [5, 5.41) is 0. The summed E-state index contributed by atoms with van der Waals surface area (Å²) in [7, 11) is 0. The average molecular weight is 262 g/mol. The maximum absolute atomic E-state index is 12.0. The fraction of sp³-hybridized carbons (Fsp3) is 0.533. The highest BCUT2D eigenvalue weighted by molar-refractivity contribution is 5.76. The van der Waals surface area contributed by atoms with Gasteiger partial charge in [-0.2, -0.15) is 0 Å². The Balaban J connectivity index is 2.17. The van der Waals surface area contributed by atoms with Gasteiger partial charge in [0.15, 0.2) is 0 Å². The number of benzene rings is 1. The van der Waals surface area contributed by atoms with Gasteiger partial charge in [0.1, 0.15) is 12.4 Å². The fourth-order valence-corrected chi connectivity index (χ4v) is 2.59. The number of nitrogen functional groups attached to an aromatic ring is 1. The monoisotopic (exact) mass is 262 g/mol. The van der Waals surface area contributed by atoms with E-state index in [1.807, 2.05) is 30.0 Å². The molecule has 104 valence electrons. The minimum atomic E-state index is 0.127. The number of nitrogens with zero attached hydrogens (tertiary/aromatic N) is 1. The summed E-state index contributed by atoms with van der Waals surface area (Å²) in [5.74, 6) is 0.988. The smallest absolute Gasteiger partial charge is 0.222 e. The molecular formula is C15H22N2O2. The van der Waals surface area contributed by atoms with Gasteiger partial charge in [-0.3, -0.25) is 4.79 Å². The first-order valence-electron chi connectivity index (χ1n) is 6.97. The first kappa shape index (κ1) is 13.7. The van der Waals surface area contributed by atoms with Crippen molar-refractivity contribution in [1.82, 2.24) is 4.90 Å². The molecule has 1 heterocycles. The van der Waals surface area contributed by atoms with E-state index in [1.165, 1.54) is 0 Å². The molecule has 0 bridgehead atoms. The number of amides is 1. The number of nitrogens with two attached hydrogens (primary N) is 1. The molecule has 0 saturated heterocycles. The second kappa shape index (κ2) is 5.95. The number of carbonyl (C=O) groups excluding carboxylic acids is 1. The molecule has 0 radical (unpaired) electrons. The van der Waals surface area contributed by atoms with E-state index in [4.69, 9.17) is 10.5 Å². The zero-order chi connectivity index (χ0) is 13.8. The van der Waals surface area contributed by atoms with E-state index >= 15 is 0 Å². The molecule has 0 aromatic heterocycles. The van der Waals surface area contributed by atoms with E-state index in [0.717, 1.165) is 30.7 Å². The van der Waals surface area contributed by atoms with Crippen molar-refractivity contribution in [3.63, 3.8) is 0 Å². The predicted molar refractivity (Wildman–Crippen MR) is 76.1 cm³/mol. The number of carbonyl (C=O) groups is 1. The van der Waals surface area contributed by atoms with Gasteiger partial charge in [0, 0.05) is 13.0 Å². The Morgan fingerprint density at radius 1 is 1.47 bits per heavy atom. The Bertz CT molecular complexity index is 459. The molecule has 0 saturated carbocycles. The average Bonchev–Trinajstić information content (AvgIpc) is 2.44. The molecule has 4 heteroatoms. The van der Waals surface area contributed by atoms with E-state index in [1.54, 1.807) is 0 Å². The number of fused-ring (bicyclic) bond motifs is 1. The van der Waals surface area contributed by atoms with Crippen LogP contribution in [0.2, 0.25) is 0 Å². The van der Waals surface area contributed by atoms with Crippen LogP contribution in [0.5, 0.6) is 5.75 Å². The first-order chi connectivity index (χ1) is 9.17. The van der Waals surface area contributed by atoms with Crippen LogP contribution in [0.15, 0.2) is 18.2 Å². The largest absolute Gasteiger partial charge is 0.489 e. The van der Waals surface area contributed by atoms with Crippen LogP contribution in [0, 0.1) is 0 Å². The molecule has 1 unspecified atom stereocenters. The van der Waals surface area contributed by atoms with E-state index < -0.39 is 0 Å². The quantitative estimate of drug-likeness (QED) is 0.846. The van der Waals surface area contributed by atoms with Gasteiger partial charge in [-0.05, 0) is 24.5 Å². The van der Waals surface area contributed by atoms with Crippen LogP contribution in [0.25, 0.3) is 0 Å². The van der Waals surface area contributed by atoms with Crippen LogP contribution in [0.1, 0.15) is 32.3 Å². The van der Waals surface area contributed by atoms with Crippen LogP contribution in [0.3, 0.4) is 0 Å². The number of rotatable bonds is 4. The number of ether oxygens (including phenoxy) is 1. The Morgan fingerprint density at radius 3 is 2.95 bits per heavy atom. The predicted octanol–water partition coefficient (Wildman–Crippen LogP) is 2.22. The molecule has 1 amide bonds. The lowest BCUT2D eigenvalue weighted by Gasteiger charge is -2.35. The molecule has 1 aromatic carbocycles. The van der Waals surface area contributed by atoms with E-state index in [9.17, 15) is 4.79 Å². The van der Waals surface area contributed by atoms with Crippen molar-refractivity contribution in [2.75, 3.05) is 18.9 Å². The fourth-order valence-electron chi connectivity index (χ4n) is 2.59. The molecule has 0 fully saturated rings. The van der Waals surface area contributed by atoms with Gasteiger partial charge >= 0.3 is 0 Å². The summed E-state index contributed by atoms with van der Waals surface area (Å²) < 4.78 is 5.77. The molecule has 1 aliphatic rings. The zero-order valence-corrected chi connectivity index (χ0v) is 11.7. The SMILES string of the molecule is CCCN(C(=O)CC)C1COc2c(N)cccc2C1. The normalized spacial score (nSPS) is 17.5. The Hall–Kier alpha value is -1.71. The van der Waals surface area contributed by atoms with Crippen molar-refractivity contribution in [3.05, 3.63) is 23.8 Å². The van der Waals surface area contributed by atoms with E-state index in [2.05, 4.69) is 6.92 Å². The maximum atomic E-state index is 12.0. The van der Waals surface area contributed by atoms with Crippen molar-refractivity contribution in [2.45, 2.75) is 39.2 Å². The number of hydrogen-bond acceptors (Lipinski definition) is 3. The third kappa shape index (κ3) is 2.83. The van der Waals surface area contributed by atoms with E-state index in [0.29, 0.717) is 18.7 Å². The van der Waals surface area contributed by atoms with Crippen LogP contribution >= 0.6 is 0 Å². The first-order valence-corrected chi connectivity index (χ1v) is 6.97. The van der Waals surface area contributed by atoms with Crippen LogP contribution in [0.4, 0.5) is 5.69 Å². The van der Waals surface area contributed by atoms with Crippen LogP contribution in [-0.4, -0.2) is 30.0 Å². The van der Waals surface area contributed by atoms with Gasteiger partial charge in [-0.25, -0.2) is 0 Å². The van der Waals surface area contributed by atoms with Gasteiger partial charge in [0.25, 0.3) is 0 Å². The van der Waals surface area contributed by atoms with Crippen LogP contribution in [-0.2, 0) is 11.2 Å². The van der Waals surface area contributed by atoms with Crippen molar-refractivity contribution in [3.8, 4) is 5.75 Å². The molecule has 19 heavy (non-hydrogen) atoms. The van der Waals surface area contributed by atoms with E-state index in [-0.39, 0.29) is 11.9 Å². The Labute approximate surface area is 114 Å². The topological polar surface area (TPSA) is 55.6 Å². The summed E-state index contributed by atoms with van der Waals surface area (Å²) in [6.07, 6.45) is 2.33. The van der Waals surface area contributed by atoms with Crippen LogP contribution < -0.4 is 10.5 Å². The molecule has 2 rings (SSSR count). The highest BCUT2D eigenvalue weighted by Gasteiger charge is 2.28. The summed E-state index contributed by atoms with van der Waals surface area (Å²) in [6, 6.07) is 5.94. The summed E-state index contributed by atoms with van der Waals surface area (Å²) >= 11 is 0. The van der Waals surface area contributed by atoms with Crippen molar-refractivity contribution >= 4 is 11.6 Å². The summed E-state index contributed by atoms with van der Waals surface area (Å²) in [4.78, 5) is 14.0. The molecular weight excluding hydrogens is 240 g/mol. The molecule has 4 nitrogen and oxygen atoms in total. The minimum Gasteiger partial charge on any atom is -0.489 e. The highest BCUT2D eigenvalue weighted by Crippen LogP contribution is 2.32. The van der Waals surface area contributed by atoms with Crippen molar-refractivity contribution < 1.29 is 9.53 Å². The molecule has 0 aliphatic carbocycles. The lowest BCUT2D eigenvalue weighted by Crippen LogP contribution is -2.46. The number of para-hydroxylation sites is 1. The highest BCUT2D eigenvalue weighted by atomic mass is 16.5. The van der Waals surface area contributed by atoms with Gasteiger partial charge < -0.3 is 15.4 Å². The molecule has 1 atom stereocenters. The minimum absolute atomic E-state index is 0.127. The Morgan fingerprint density at radius 2 is 2.26 bits per heavy atom. The third-order valence-corrected chi connectivity index (χ3v) is 3.53. The van der Waals surface area contributed by atoms with Gasteiger partial charge in [-0.15, -0.1) is 0 Å². The van der Waals surface area contributed by atoms with Gasteiger partial charge in [0.2, 0.25) is 5.91 Å². The third-order valence-electron chi connectivity index (χ3n) is 3.53. The Kier molecular flexibility index (Phi) is 4.30. The lowest BCUT2D eigenvalue weighted by molar-refractivity contribution is -0.134. The van der Waals surface area contributed by atoms with Gasteiger partial charge in [-0.1, -0.05) is 26.0 Å². The summed E-state index contributed by atoms with van der Waals surface area (Å²) in [6.45, 7) is 5.32. The van der Waals surface area contributed by atoms with Gasteiger partial charge in [0.05, 0.1) is 11.7 Å². The summed E-state index contributed by atoms with van der Waals surface area (Å²) in [5.41, 5.74) is 7.68. The van der Waals surface area contributed by atoms with Crippen molar-refractivity contribution in [1.29, 1.82) is 0 Å². The zero-order valence-electron chi connectivity index (χ0n) is 11.7. The second-order valence-electron chi connectivity index (χ2n) is 4.95. The lowest BCUT2D eigenvalue weighted by atomic mass is 10.00. The standard InChI is InChI=1S/C15H22N2O2/c1-3-8-17(14(18)4-2)12-9-11-6-5-7-13(16)15(11)19-10-12/h5-7,12H,3-4,8-10,16H2,1-2H3. The maximum Gasteiger partial charge on any atom is 0.222 e. The van der Waals surface area contributed by atoms with Crippen molar-refractivity contribution in [2.24, 2.45) is 0 Å².